The van der Waals surface area contributed by atoms with Gasteiger partial charge in [-0.15, -0.1) is 0 Å². The largest absolute Gasteiger partial charge is 0.490 e. The first-order valence-corrected chi connectivity index (χ1v) is 5.89. The first-order chi connectivity index (χ1) is 7.75. The van der Waals surface area contributed by atoms with E-state index < -0.39 is 0 Å². The monoisotopic (exact) mass is 221 g/mol. The van der Waals surface area contributed by atoms with Crippen LogP contribution in [0.4, 0.5) is 5.69 Å². The molecule has 1 aromatic carbocycles. The van der Waals surface area contributed by atoms with Crippen LogP contribution in [0.2, 0.25) is 0 Å². The van der Waals surface area contributed by atoms with Gasteiger partial charge >= 0.3 is 0 Å². The molecule has 1 N–H and O–H groups in total. The van der Waals surface area contributed by atoms with Crippen LogP contribution in [0.25, 0.3) is 0 Å². The van der Waals surface area contributed by atoms with Gasteiger partial charge in [-0.3, -0.25) is 0 Å². The fraction of sp³-hybridized carbons (Fsp3) is 0.538. The van der Waals surface area contributed by atoms with Crippen molar-refractivity contribution in [2.75, 3.05) is 25.1 Å². The Balaban J connectivity index is 2.08. The highest BCUT2D eigenvalue weighted by molar-refractivity contribution is 5.54. The van der Waals surface area contributed by atoms with Crippen molar-refractivity contribution in [1.29, 1.82) is 0 Å². The van der Waals surface area contributed by atoms with Gasteiger partial charge in [0.1, 0.15) is 0 Å². The maximum Gasteiger partial charge on any atom is 0.163 e. The van der Waals surface area contributed by atoms with Gasteiger partial charge in [-0.25, -0.2) is 0 Å². The number of nitrogens with one attached hydrogen (secondary N) is 1. The standard InChI is InChI=1S/C13H19NO2/c1-10(2)9-14-11-4-5-12-13(8-11)16-7-3-6-15-12/h4-5,8,10,14H,3,6-7,9H2,1-2H3. The number of anilines is 1. The molecule has 3 nitrogen and oxygen atoms in total. The predicted molar refractivity (Wildman–Crippen MR) is 65.4 cm³/mol. The van der Waals surface area contributed by atoms with E-state index in [1.54, 1.807) is 0 Å². The Morgan fingerprint density at radius 2 is 1.94 bits per heavy atom. The van der Waals surface area contributed by atoms with Crippen molar-refractivity contribution in [1.82, 2.24) is 0 Å². The molecule has 0 fully saturated rings. The number of fused-ring (bicyclic) bond motifs is 1. The molecule has 0 aliphatic carbocycles. The molecule has 1 aromatic rings. The molecular formula is C13H19NO2. The van der Waals surface area contributed by atoms with Crippen LogP contribution in [0.1, 0.15) is 20.3 Å². The van der Waals surface area contributed by atoms with E-state index in [9.17, 15) is 0 Å². The topological polar surface area (TPSA) is 30.5 Å². The predicted octanol–water partition coefficient (Wildman–Crippen LogP) is 2.92. The summed E-state index contributed by atoms with van der Waals surface area (Å²) in [5.74, 6) is 2.34. The van der Waals surface area contributed by atoms with Crippen molar-refractivity contribution in [2.45, 2.75) is 20.3 Å². The van der Waals surface area contributed by atoms with Crippen LogP contribution in [-0.2, 0) is 0 Å². The third kappa shape index (κ3) is 2.81. The average Bonchev–Trinajstić information content (AvgIpc) is 2.50. The summed E-state index contributed by atoms with van der Waals surface area (Å²) in [5, 5.41) is 3.38. The summed E-state index contributed by atoms with van der Waals surface area (Å²) in [6.45, 7) is 6.83. The SMILES string of the molecule is CC(C)CNc1ccc2c(c1)OCCCO2. The van der Waals surface area contributed by atoms with Crippen molar-refractivity contribution in [2.24, 2.45) is 5.92 Å². The minimum Gasteiger partial charge on any atom is -0.490 e. The number of benzene rings is 1. The van der Waals surface area contributed by atoms with E-state index in [1.807, 2.05) is 18.2 Å². The molecule has 0 bridgehead atoms. The third-order valence-electron chi connectivity index (χ3n) is 2.46. The molecule has 1 aliphatic heterocycles. The molecule has 0 unspecified atom stereocenters. The Kier molecular flexibility index (Phi) is 3.54. The van der Waals surface area contributed by atoms with Crippen LogP contribution in [0, 0.1) is 5.92 Å². The smallest absolute Gasteiger partial charge is 0.163 e. The summed E-state index contributed by atoms with van der Waals surface area (Å²) in [4.78, 5) is 0. The van der Waals surface area contributed by atoms with Gasteiger partial charge in [-0.05, 0) is 18.1 Å². The number of rotatable bonds is 3. The number of ether oxygens (including phenoxy) is 2. The molecule has 0 amide bonds. The molecule has 88 valence electrons. The molecule has 0 spiro atoms. The quantitative estimate of drug-likeness (QED) is 0.851. The molecule has 0 atom stereocenters. The van der Waals surface area contributed by atoms with Gasteiger partial charge in [0.2, 0.25) is 0 Å². The molecule has 1 heterocycles. The van der Waals surface area contributed by atoms with Crippen LogP contribution < -0.4 is 14.8 Å². The third-order valence-corrected chi connectivity index (χ3v) is 2.46. The first kappa shape index (κ1) is 11.1. The normalized spacial score (nSPS) is 14.7. The van der Waals surface area contributed by atoms with Crippen molar-refractivity contribution < 1.29 is 9.47 Å². The highest BCUT2D eigenvalue weighted by Crippen LogP contribution is 2.32. The zero-order chi connectivity index (χ0) is 11.4. The van der Waals surface area contributed by atoms with Crippen molar-refractivity contribution in [3.05, 3.63) is 18.2 Å². The molecule has 0 aromatic heterocycles. The summed E-state index contributed by atoms with van der Waals surface area (Å²) < 4.78 is 11.2. The lowest BCUT2D eigenvalue weighted by molar-refractivity contribution is 0.297. The summed E-state index contributed by atoms with van der Waals surface area (Å²) >= 11 is 0. The van der Waals surface area contributed by atoms with Crippen LogP contribution in [0.15, 0.2) is 18.2 Å². The minimum absolute atomic E-state index is 0.635. The molecule has 1 aliphatic rings. The zero-order valence-corrected chi connectivity index (χ0v) is 9.95. The minimum atomic E-state index is 0.635. The second-order valence-electron chi connectivity index (χ2n) is 4.49. The fourth-order valence-corrected chi connectivity index (χ4v) is 1.60. The van der Waals surface area contributed by atoms with Gasteiger partial charge < -0.3 is 14.8 Å². The second-order valence-corrected chi connectivity index (χ2v) is 4.49. The van der Waals surface area contributed by atoms with E-state index in [1.165, 1.54) is 0 Å². The maximum atomic E-state index is 5.63. The number of hydrogen-bond acceptors (Lipinski definition) is 3. The van der Waals surface area contributed by atoms with Gasteiger partial charge in [-0.1, -0.05) is 13.8 Å². The van der Waals surface area contributed by atoms with E-state index in [0.29, 0.717) is 5.92 Å². The number of hydrogen-bond donors (Lipinski definition) is 1. The Bertz CT molecular complexity index is 350. The van der Waals surface area contributed by atoms with E-state index in [-0.39, 0.29) is 0 Å². The van der Waals surface area contributed by atoms with Gasteiger partial charge in [0.15, 0.2) is 11.5 Å². The van der Waals surface area contributed by atoms with Crippen LogP contribution in [0.3, 0.4) is 0 Å². The van der Waals surface area contributed by atoms with Gasteiger partial charge in [0.25, 0.3) is 0 Å². The van der Waals surface area contributed by atoms with Gasteiger partial charge in [0, 0.05) is 24.7 Å². The summed E-state index contributed by atoms with van der Waals surface area (Å²) in [7, 11) is 0. The highest BCUT2D eigenvalue weighted by atomic mass is 16.5. The molecule has 3 heteroatoms. The van der Waals surface area contributed by atoms with E-state index >= 15 is 0 Å². The Morgan fingerprint density at radius 1 is 1.19 bits per heavy atom. The summed E-state index contributed by atoms with van der Waals surface area (Å²) in [6, 6.07) is 6.03. The molecule has 0 saturated heterocycles. The fourth-order valence-electron chi connectivity index (χ4n) is 1.60. The lowest BCUT2D eigenvalue weighted by Crippen LogP contribution is -2.07. The zero-order valence-electron chi connectivity index (χ0n) is 9.95. The van der Waals surface area contributed by atoms with Crippen molar-refractivity contribution >= 4 is 5.69 Å². The molecule has 0 radical (unpaired) electrons. The Labute approximate surface area is 96.8 Å². The summed E-state index contributed by atoms with van der Waals surface area (Å²) in [5.41, 5.74) is 1.10. The van der Waals surface area contributed by atoms with Gasteiger partial charge in [0.05, 0.1) is 13.2 Å². The van der Waals surface area contributed by atoms with E-state index in [4.69, 9.17) is 9.47 Å². The molecule has 2 rings (SSSR count). The molecule has 0 saturated carbocycles. The maximum absolute atomic E-state index is 5.63. The Hall–Kier alpha value is -1.38. The first-order valence-electron chi connectivity index (χ1n) is 5.89. The Morgan fingerprint density at radius 3 is 2.69 bits per heavy atom. The summed E-state index contributed by atoms with van der Waals surface area (Å²) in [6.07, 6.45) is 0.948. The van der Waals surface area contributed by atoms with Crippen LogP contribution >= 0.6 is 0 Å². The molecule has 16 heavy (non-hydrogen) atoms. The van der Waals surface area contributed by atoms with Gasteiger partial charge in [-0.2, -0.15) is 0 Å². The van der Waals surface area contributed by atoms with Crippen molar-refractivity contribution in [3.8, 4) is 11.5 Å². The highest BCUT2D eigenvalue weighted by Gasteiger charge is 2.10. The second kappa shape index (κ2) is 5.10. The molecular weight excluding hydrogens is 202 g/mol. The van der Waals surface area contributed by atoms with Crippen LogP contribution in [0.5, 0.6) is 11.5 Å². The van der Waals surface area contributed by atoms with Crippen molar-refractivity contribution in [3.63, 3.8) is 0 Å². The average molecular weight is 221 g/mol. The van der Waals surface area contributed by atoms with E-state index in [2.05, 4.69) is 19.2 Å². The lowest BCUT2D eigenvalue weighted by Gasteiger charge is -2.12. The van der Waals surface area contributed by atoms with E-state index in [0.717, 1.165) is 43.4 Å². The van der Waals surface area contributed by atoms with Crippen LogP contribution in [-0.4, -0.2) is 19.8 Å². The lowest BCUT2D eigenvalue weighted by atomic mass is 10.2.